The molecule has 0 aliphatic carbocycles. The van der Waals surface area contributed by atoms with Crippen LogP contribution in [0.4, 0.5) is 5.82 Å². The number of anilines is 1. The molecule has 0 saturated heterocycles. The van der Waals surface area contributed by atoms with Crippen LogP contribution in [0.15, 0.2) is 49.1 Å². The fourth-order valence-corrected chi connectivity index (χ4v) is 1.86. The number of nitrogens with zero attached hydrogens (tertiary/aromatic N) is 4. The highest BCUT2D eigenvalue weighted by Gasteiger charge is 2.05. The van der Waals surface area contributed by atoms with Gasteiger partial charge in [-0.2, -0.15) is 5.10 Å². The highest BCUT2D eigenvalue weighted by molar-refractivity contribution is 5.64. The van der Waals surface area contributed by atoms with Crippen LogP contribution < -0.4 is 5.73 Å². The minimum atomic E-state index is 0.651. The van der Waals surface area contributed by atoms with E-state index in [1.54, 1.807) is 17.2 Å². The number of nitrogens with two attached hydrogens (primary N) is 1. The fraction of sp³-hybridized carbons (Fsp3) is 0.0769. The number of imidazole rings is 1. The van der Waals surface area contributed by atoms with Gasteiger partial charge < -0.3 is 10.3 Å². The molecule has 0 unspecified atom stereocenters. The normalized spacial score (nSPS) is 10.7. The first kappa shape index (κ1) is 10.6. The van der Waals surface area contributed by atoms with Gasteiger partial charge in [0.2, 0.25) is 0 Å². The van der Waals surface area contributed by atoms with Crippen LogP contribution in [0.1, 0.15) is 0 Å². The van der Waals surface area contributed by atoms with Gasteiger partial charge >= 0.3 is 0 Å². The summed E-state index contributed by atoms with van der Waals surface area (Å²) in [7, 11) is 1.83. The molecule has 5 nitrogen and oxygen atoms in total. The average Bonchev–Trinajstić information content (AvgIpc) is 3.01. The molecule has 0 spiro atoms. The van der Waals surface area contributed by atoms with Crippen molar-refractivity contribution >= 4 is 5.82 Å². The second kappa shape index (κ2) is 4.03. The van der Waals surface area contributed by atoms with Crippen LogP contribution in [0.2, 0.25) is 0 Å². The summed E-state index contributed by atoms with van der Waals surface area (Å²) in [6.07, 6.45) is 5.43. The Kier molecular flexibility index (Phi) is 2.37. The molecule has 0 amide bonds. The lowest BCUT2D eigenvalue weighted by Gasteiger charge is -2.03. The van der Waals surface area contributed by atoms with Gasteiger partial charge in [-0.15, -0.1) is 0 Å². The molecule has 90 valence electrons. The standard InChI is InChI=1S/C13H13N5/c1-17-13(14)8-12(16-17)10-3-2-4-11(7-10)18-6-5-15-9-18/h2-9H,14H2,1H3. The molecule has 0 saturated carbocycles. The van der Waals surface area contributed by atoms with E-state index < -0.39 is 0 Å². The maximum absolute atomic E-state index is 5.80. The second-order valence-corrected chi connectivity index (χ2v) is 4.10. The van der Waals surface area contributed by atoms with Crippen LogP contribution in [0, 0.1) is 0 Å². The van der Waals surface area contributed by atoms with Crippen LogP contribution >= 0.6 is 0 Å². The number of hydrogen-bond donors (Lipinski definition) is 1. The molecule has 0 aliphatic rings. The van der Waals surface area contributed by atoms with Crippen molar-refractivity contribution in [1.82, 2.24) is 19.3 Å². The van der Waals surface area contributed by atoms with Gasteiger partial charge in [0, 0.05) is 36.8 Å². The minimum absolute atomic E-state index is 0.651. The van der Waals surface area contributed by atoms with Crippen molar-refractivity contribution in [3.8, 4) is 16.9 Å². The molecule has 3 rings (SSSR count). The van der Waals surface area contributed by atoms with Crippen molar-refractivity contribution < 1.29 is 0 Å². The predicted octanol–water partition coefficient (Wildman–Crippen LogP) is 1.85. The molecule has 0 radical (unpaired) electrons. The molecule has 2 aromatic heterocycles. The van der Waals surface area contributed by atoms with Crippen LogP contribution in [-0.2, 0) is 7.05 Å². The summed E-state index contributed by atoms with van der Waals surface area (Å²) in [5.74, 6) is 0.651. The van der Waals surface area contributed by atoms with Crippen molar-refractivity contribution in [2.75, 3.05) is 5.73 Å². The van der Waals surface area contributed by atoms with E-state index in [0.29, 0.717) is 5.82 Å². The van der Waals surface area contributed by atoms with Crippen molar-refractivity contribution in [2.45, 2.75) is 0 Å². The van der Waals surface area contributed by atoms with Crippen LogP contribution in [-0.4, -0.2) is 19.3 Å². The van der Waals surface area contributed by atoms with Gasteiger partial charge in [-0.3, -0.25) is 4.68 Å². The van der Waals surface area contributed by atoms with E-state index in [-0.39, 0.29) is 0 Å². The number of rotatable bonds is 2. The average molecular weight is 239 g/mol. The van der Waals surface area contributed by atoms with E-state index in [4.69, 9.17) is 5.73 Å². The van der Waals surface area contributed by atoms with E-state index >= 15 is 0 Å². The van der Waals surface area contributed by atoms with E-state index in [1.165, 1.54) is 0 Å². The highest BCUT2D eigenvalue weighted by Crippen LogP contribution is 2.22. The topological polar surface area (TPSA) is 61.7 Å². The third kappa shape index (κ3) is 1.75. The molecule has 3 aromatic rings. The Hall–Kier alpha value is -2.56. The maximum atomic E-state index is 5.80. The Bertz CT molecular complexity index is 647. The molecule has 5 heteroatoms. The van der Waals surface area contributed by atoms with Crippen molar-refractivity contribution in [2.24, 2.45) is 7.05 Å². The minimum Gasteiger partial charge on any atom is -0.384 e. The van der Waals surface area contributed by atoms with Gasteiger partial charge in [0.05, 0.1) is 12.0 Å². The second-order valence-electron chi connectivity index (χ2n) is 4.10. The molecule has 0 atom stereocenters. The first-order valence-electron chi connectivity index (χ1n) is 5.62. The summed E-state index contributed by atoms with van der Waals surface area (Å²) in [5, 5.41) is 4.37. The summed E-state index contributed by atoms with van der Waals surface area (Å²) >= 11 is 0. The maximum Gasteiger partial charge on any atom is 0.121 e. The van der Waals surface area contributed by atoms with Gasteiger partial charge in [0.25, 0.3) is 0 Å². The van der Waals surface area contributed by atoms with E-state index in [2.05, 4.69) is 16.1 Å². The molecular formula is C13H13N5. The monoisotopic (exact) mass is 239 g/mol. The SMILES string of the molecule is Cn1nc(-c2cccc(-n3ccnc3)c2)cc1N. The Morgan fingerprint density at radius 2 is 2.11 bits per heavy atom. The van der Waals surface area contributed by atoms with Crippen LogP contribution in [0.3, 0.4) is 0 Å². The lowest BCUT2D eigenvalue weighted by molar-refractivity contribution is 0.782. The molecule has 0 bridgehead atoms. The summed E-state index contributed by atoms with van der Waals surface area (Å²) in [6, 6.07) is 9.96. The summed E-state index contributed by atoms with van der Waals surface area (Å²) in [4.78, 5) is 4.04. The third-order valence-electron chi connectivity index (χ3n) is 2.86. The molecule has 2 heterocycles. The third-order valence-corrected chi connectivity index (χ3v) is 2.86. The van der Waals surface area contributed by atoms with E-state index in [1.807, 2.05) is 42.1 Å². The van der Waals surface area contributed by atoms with Gasteiger partial charge in [-0.25, -0.2) is 4.98 Å². The number of aryl methyl sites for hydroxylation is 1. The largest absolute Gasteiger partial charge is 0.384 e. The number of hydrogen-bond acceptors (Lipinski definition) is 3. The Morgan fingerprint density at radius 3 is 2.78 bits per heavy atom. The smallest absolute Gasteiger partial charge is 0.121 e. The van der Waals surface area contributed by atoms with E-state index in [0.717, 1.165) is 16.9 Å². The molecule has 1 aromatic carbocycles. The van der Waals surface area contributed by atoms with Gasteiger partial charge in [-0.05, 0) is 12.1 Å². The summed E-state index contributed by atoms with van der Waals surface area (Å²) in [6.45, 7) is 0. The Balaban J connectivity index is 2.06. The van der Waals surface area contributed by atoms with Gasteiger partial charge in [0.15, 0.2) is 0 Å². The zero-order valence-corrected chi connectivity index (χ0v) is 9.99. The fourth-order valence-electron chi connectivity index (χ4n) is 1.86. The number of nitrogen functional groups attached to an aromatic ring is 1. The zero-order valence-electron chi connectivity index (χ0n) is 9.99. The first-order valence-corrected chi connectivity index (χ1v) is 5.62. The highest BCUT2D eigenvalue weighted by atomic mass is 15.3. The lowest BCUT2D eigenvalue weighted by Crippen LogP contribution is -1.96. The lowest BCUT2D eigenvalue weighted by atomic mass is 10.1. The predicted molar refractivity (Wildman–Crippen MR) is 70.2 cm³/mol. The molecule has 2 N–H and O–H groups in total. The Morgan fingerprint density at radius 1 is 1.22 bits per heavy atom. The number of aromatic nitrogens is 4. The zero-order chi connectivity index (χ0) is 12.5. The molecule has 0 aliphatic heterocycles. The quantitative estimate of drug-likeness (QED) is 0.742. The summed E-state index contributed by atoms with van der Waals surface area (Å²) < 4.78 is 3.62. The van der Waals surface area contributed by atoms with Crippen LogP contribution in [0.5, 0.6) is 0 Å². The molecule has 18 heavy (non-hydrogen) atoms. The van der Waals surface area contributed by atoms with Gasteiger partial charge in [-0.1, -0.05) is 12.1 Å². The Labute approximate surface area is 104 Å². The first-order chi connectivity index (χ1) is 8.74. The van der Waals surface area contributed by atoms with E-state index in [9.17, 15) is 0 Å². The molecule has 0 fully saturated rings. The molecular weight excluding hydrogens is 226 g/mol. The van der Waals surface area contributed by atoms with Crippen molar-refractivity contribution in [1.29, 1.82) is 0 Å². The van der Waals surface area contributed by atoms with Crippen molar-refractivity contribution in [3.63, 3.8) is 0 Å². The van der Waals surface area contributed by atoms with Gasteiger partial charge in [0.1, 0.15) is 5.82 Å². The van der Waals surface area contributed by atoms with Crippen LogP contribution in [0.25, 0.3) is 16.9 Å². The summed E-state index contributed by atoms with van der Waals surface area (Å²) in [5.41, 5.74) is 8.75. The number of benzene rings is 1. The van der Waals surface area contributed by atoms with Crippen molar-refractivity contribution in [3.05, 3.63) is 49.1 Å².